The third-order valence-corrected chi connectivity index (χ3v) is 2.07. The molecule has 14 heavy (non-hydrogen) atoms. The van der Waals surface area contributed by atoms with E-state index in [9.17, 15) is 13.6 Å². The van der Waals surface area contributed by atoms with Gasteiger partial charge in [0.25, 0.3) is 5.76 Å². The molecule has 0 aromatic heterocycles. The van der Waals surface area contributed by atoms with Gasteiger partial charge in [-0.3, -0.25) is 0 Å². The number of hydrogen-bond acceptors (Lipinski definition) is 2. The van der Waals surface area contributed by atoms with E-state index >= 15 is 0 Å². The summed E-state index contributed by atoms with van der Waals surface area (Å²) >= 11 is 0.449. The zero-order valence-electron chi connectivity index (χ0n) is 7.04. The second-order valence-electron chi connectivity index (χ2n) is 2.39. The van der Waals surface area contributed by atoms with Gasteiger partial charge in [0.15, 0.2) is 0 Å². The zero-order valence-corrected chi connectivity index (χ0v) is 7.85. The molecule has 0 unspecified atom stereocenters. The molecule has 0 saturated heterocycles. The number of benzene rings is 1. The van der Waals surface area contributed by atoms with E-state index in [4.69, 9.17) is 5.73 Å². The molecule has 0 aliphatic heterocycles. The Morgan fingerprint density at radius 3 is 2.36 bits per heavy atom. The van der Waals surface area contributed by atoms with Crippen molar-refractivity contribution in [3.8, 4) is 0 Å². The minimum Gasteiger partial charge on any atom is -0.351 e. The van der Waals surface area contributed by atoms with Crippen LogP contribution in [0.3, 0.4) is 0 Å². The molecule has 0 bridgehead atoms. The van der Waals surface area contributed by atoms with E-state index in [2.05, 4.69) is 5.32 Å². The predicted octanol–water partition coefficient (Wildman–Crippen LogP) is 2.49. The molecule has 0 atom stereocenters. The predicted molar refractivity (Wildman–Crippen MR) is 51.5 cm³/mol. The largest absolute Gasteiger partial charge is 0.351 e. The van der Waals surface area contributed by atoms with Gasteiger partial charge < -0.3 is 11.1 Å². The first-order valence-corrected chi connectivity index (χ1v) is 4.57. The van der Waals surface area contributed by atoms with Gasteiger partial charge in [-0.15, -0.1) is 0 Å². The van der Waals surface area contributed by atoms with E-state index in [-0.39, 0.29) is 0 Å². The van der Waals surface area contributed by atoms with Gasteiger partial charge in [-0.05, 0) is 24.3 Å². The van der Waals surface area contributed by atoms with E-state index in [0.717, 1.165) is 0 Å². The summed E-state index contributed by atoms with van der Waals surface area (Å²) < 4.78 is 23.8. The molecule has 0 aliphatic rings. The smallest absolute Gasteiger partial charge is 0.316 e. The number of urea groups is 1. The SMILES string of the molecule is NC(=O)Nc1ccc(SC(F)F)cc1. The number of carbonyl (C=O) groups excluding carboxylic acids is 1. The van der Waals surface area contributed by atoms with E-state index in [0.29, 0.717) is 22.3 Å². The summed E-state index contributed by atoms with van der Waals surface area (Å²) in [7, 11) is 0. The van der Waals surface area contributed by atoms with Gasteiger partial charge in [-0.25, -0.2) is 4.79 Å². The summed E-state index contributed by atoms with van der Waals surface area (Å²) in [6, 6.07) is 5.31. The molecule has 0 spiro atoms. The van der Waals surface area contributed by atoms with Crippen LogP contribution in [0.1, 0.15) is 0 Å². The fraction of sp³-hybridized carbons (Fsp3) is 0.125. The fourth-order valence-corrected chi connectivity index (χ4v) is 1.36. The molecule has 1 aromatic rings. The highest BCUT2D eigenvalue weighted by molar-refractivity contribution is 7.99. The number of anilines is 1. The average molecular weight is 218 g/mol. The number of carbonyl (C=O) groups is 1. The summed E-state index contributed by atoms with van der Waals surface area (Å²) in [4.78, 5) is 10.9. The Balaban J connectivity index is 2.63. The van der Waals surface area contributed by atoms with Crippen molar-refractivity contribution in [2.75, 3.05) is 5.32 Å². The van der Waals surface area contributed by atoms with Crippen molar-refractivity contribution in [1.82, 2.24) is 0 Å². The number of amides is 2. The highest BCUT2D eigenvalue weighted by atomic mass is 32.2. The Kier molecular flexibility index (Phi) is 3.70. The van der Waals surface area contributed by atoms with Crippen LogP contribution >= 0.6 is 11.8 Å². The molecule has 1 aromatic carbocycles. The van der Waals surface area contributed by atoms with Crippen LogP contribution in [0, 0.1) is 0 Å². The van der Waals surface area contributed by atoms with Crippen LogP contribution in [-0.2, 0) is 0 Å². The van der Waals surface area contributed by atoms with E-state index in [1.54, 1.807) is 0 Å². The lowest BCUT2D eigenvalue weighted by Crippen LogP contribution is -2.19. The van der Waals surface area contributed by atoms with Crippen LogP contribution in [0.4, 0.5) is 19.3 Å². The number of thioether (sulfide) groups is 1. The third-order valence-electron chi connectivity index (χ3n) is 1.35. The van der Waals surface area contributed by atoms with Gasteiger partial charge in [-0.1, -0.05) is 11.8 Å². The van der Waals surface area contributed by atoms with Crippen LogP contribution < -0.4 is 11.1 Å². The fourth-order valence-electron chi connectivity index (χ4n) is 0.862. The summed E-state index contributed by atoms with van der Waals surface area (Å²) in [6.45, 7) is 0. The van der Waals surface area contributed by atoms with Gasteiger partial charge in [0, 0.05) is 10.6 Å². The molecule has 0 saturated carbocycles. The normalized spacial score (nSPS) is 10.2. The van der Waals surface area contributed by atoms with Crippen LogP contribution in [0.2, 0.25) is 0 Å². The molecular formula is C8H8F2N2OS. The molecule has 0 radical (unpaired) electrons. The Bertz CT molecular complexity index is 316. The topological polar surface area (TPSA) is 55.1 Å². The maximum absolute atomic E-state index is 11.9. The van der Waals surface area contributed by atoms with Gasteiger partial charge in [0.1, 0.15) is 0 Å². The zero-order chi connectivity index (χ0) is 10.6. The van der Waals surface area contributed by atoms with Crippen molar-refractivity contribution >= 4 is 23.5 Å². The lowest BCUT2D eigenvalue weighted by atomic mass is 10.3. The molecule has 6 heteroatoms. The highest BCUT2D eigenvalue weighted by Gasteiger charge is 2.04. The lowest BCUT2D eigenvalue weighted by Gasteiger charge is -2.03. The van der Waals surface area contributed by atoms with Gasteiger partial charge in [0.2, 0.25) is 0 Å². The van der Waals surface area contributed by atoms with Crippen molar-refractivity contribution in [2.24, 2.45) is 5.73 Å². The van der Waals surface area contributed by atoms with Crippen molar-refractivity contribution in [2.45, 2.75) is 10.7 Å². The summed E-state index contributed by atoms with van der Waals surface area (Å²) in [5.41, 5.74) is 5.35. The first-order valence-electron chi connectivity index (χ1n) is 3.69. The Morgan fingerprint density at radius 2 is 1.93 bits per heavy atom. The molecule has 0 heterocycles. The number of halogens is 2. The second kappa shape index (κ2) is 4.80. The molecular weight excluding hydrogens is 210 g/mol. The Morgan fingerprint density at radius 1 is 1.36 bits per heavy atom. The quantitative estimate of drug-likeness (QED) is 0.766. The minimum absolute atomic E-state index is 0.440. The molecule has 2 amide bonds. The molecule has 0 aliphatic carbocycles. The summed E-state index contributed by atoms with van der Waals surface area (Å²) in [5, 5.41) is 2.33. The van der Waals surface area contributed by atoms with Crippen LogP contribution in [0.15, 0.2) is 29.2 Å². The van der Waals surface area contributed by atoms with Crippen molar-refractivity contribution in [1.29, 1.82) is 0 Å². The van der Waals surface area contributed by atoms with Crippen LogP contribution in [0.25, 0.3) is 0 Å². The summed E-state index contributed by atoms with van der Waals surface area (Å²) in [6.07, 6.45) is 0. The van der Waals surface area contributed by atoms with Gasteiger partial charge in [-0.2, -0.15) is 8.78 Å². The highest BCUT2D eigenvalue weighted by Crippen LogP contribution is 2.25. The van der Waals surface area contributed by atoms with Crippen molar-refractivity contribution in [3.05, 3.63) is 24.3 Å². The third kappa shape index (κ3) is 3.61. The number of rotatable bonds is 3. The lowest BCUT2D eigenvalue weighted by molar-refractivity contribution is 0.252. The Labute approximate surface area is 83.7 Å². The first kappa shape index (κ1) is 10.8. The number of nitrogens with two attached hydrogens (primary N) is 1. The molecule has 76 valence electrons. The summed E-state index contributed by atoms with van der Waals surface area (Å²) in [5.74, 6) is -2.44. The molecule has 3 nitrogen and oxygen atoms in total. The number of primary amides is 1. The van der Waals surface area contributed by atoms with Crippen LogP contribution in [-0.4, -0.2) is 11.8 Å². The standard InChI is InChI=1S/C8H8F2N2OS/c9-7(10)14-6-3-1-5(2-4-6)12-8(11)13/h1-4,7H,(H3,11,12,13). The number of alkyl halides is 2. The molecule has 1 rings (SSSR count). The molecule has 3 N–H and O–H groups in total. The maximum atomic E-state index is 11.9. The maximum Gasteiger partial charge on any atom is 0.316 e. The number of hydrogen-bond donors (Lipinski definition) is 2. The monoisotopic (exact) mass is 218 g/mol. The Hall–Kier alpha value is -1.30. The average Bonchev–Trinajstić information content (AvgIpc) is 2.06. The van der Waals surface area contributed by atoms with Crippen molar-refractivity contribution < 1.29 is 13.6 Å². The van der Waals surface area contributed by atoms with E-state index in [1.807, 2.05) is 0 Å². The first-order chi connectivity index (χ1) is 6.58. The number of nitrogens with one attached hydrogen (secondary N) is 1. The van der Waals surface area contributed by atoms with Crippen LogP contribution in [0.5, 0.6) is 0 Å². The second-order valence-corrected chi connectivity index (χ2v) is 3.46. The molecule has 0 fully saturated rings. The van der Waals surface area contributed by atoms with Gasteiger partial charge >= 0.3 is 6.03 Å². The minimum atomic E-state index is -2.44. The van der Waals surface area contributed by atoms with E-state index < -0.39 is 11.8 Å². The van der Waals surface area contributed by atoms with Gasteiger partial charge in [0.05, 0.1) is 0 Å². The van der Waals surface area contributed by atoms with Crippen molar-refractivity contribution in [3.63, 3.8) is 0 Å². The van der Waals surface area contributed by atoms with E-state index in [1.165, 1.54) is 24.3 Å².